The zero-order valence-corrected chi connectivity index (χ0v) is 11.7. The van der Waals surface area contributed by atoms with Crippen molar-refractivity contribution in [3.63, 3.8) is 0 Å². The molecule has 0 saturated heterocycles. The zero-order valence-electron chi connectivity index (χ0n) is 11.7. The van der Waals surface area contributed by atoms with Crippen molar-refractivity contribution in [2.24, 2.45) is 0 Å². The third-order valence-corrected chi connectivity index (χ3v) is 3.22. The molecule has 0 bridgehead atoms. The van der Waals surface area contributed by atoms with E-state index in [9.17, 15) is 5.11 Å². The predicted molar refractivity (Wildman–Crippen MR) is 77.8 cm³/mol. The third-order valence-electron chi connectivity index (χ3n) is 3.22. The van der Waals surface area contributed by atoms with Crippen molar-refractivity contribution in [1.82, 2.24) is 15.1 Å². The third kappa shape index (κ3) is 2.91. The van der Waals surface area contributed by atoms with Crippen molar-refractivity contribution in [3.05, 3.63) is 59.6 Å². The van der Waals surface area contributed by atoms with Gasteiger partial charge in [-0.15, -0.1) is 0 Å². The molecule has 2 aromatic heterocycles. The summed E-state index contributed by atoms with van der Waals surface area (Å²) in [5.74, 6) is 1.23. The number of phenolic OH excluding ortho intramolecular Hbond substituents is 1. The van der Waals surface area contributed by atoms with Gasteiger partial charge in [-0.05, 0) is 35.7 Å². The Morgan fingerprint density at radius 1 is 1.19 bits per heavy atom. The molecule has 0 unspecified atom stereocenters. The van der Waals surface area contributed by atoms with Crippen molar-refractivity contribution in [2.75, 3.05) is 0 Å². The van der Waals surface area contributed by atoms with Crippen LogP contribution in [0.4, 0.5) is 0 Å². The monoisotopic (exact) mass is 281 g/mol. The van der Waals surface area contributed by atoms with Crippen molar-refractivity contribution in [1.29, 1.82) is 0 Å². The number of aryl methyl sites for hydroxylation is 1. The molecule has 2 heterocycles. The number of hydrogen-bond acceptors (Lipinski definition) is 5. The molecule has 0 aliphatic heterocycles. The first kappa shape index (κ1) is 13.3. The molecule has 1 aromatic carbocycles. The lowest BCUT2D eigenvalue weighted by Gasteiger charge is -2.00. The molecule has 0 fully saturated rings. The van der Waals surface area contributed by atoms with Crippen LogP contribution in [0, 0.1) is 0 Å². The van der Waals surface area contributed by atoms with E-state index >= 15 is 0 Å². The van der Waals surface area contributed by atoms with Crippen molar-refractivity contribution in [3.8, 4) is 17.3 Å². The first-order valence-corrected chi connectivity index (χ1v) is 6.81. The highest BCUT2D eigenvalue weighted by Crippen LogP contribution is 2.20. The van der Waals surface area contributed by atoms with Crippen molar-refractivity contribution >= 4 is 0 Å². The van der Waals surface area contributed by atoms with E-state index in [-0.39, 0.29) is 5.75 Å². The molecule has 0 spiro atoms. The average molecular weight is 281 g/mol. The Morgan fingerprint density at radius 2 is 2.10 bits per heavy atom. The van der Waals surface area contributed by atoms with E-state index in [1.807, 2.05) is 18.2 Å². The molecular weight excluding hydrogens is 266 g/mol. The summed E-state index contributed by atoms with van der Waals surface area (Å²) < 4.78 is 5.28. The van der Waals surface area contributed by atoms with Crippen LogP contribution in [-0.4, -0.2) is 20.2 Å². The summed E-state index contributed by atoms with van der Waals surface area (Å²) in [6, 6.07) is 10.9. The molecular formula is C16H15N3O2. The molecule has 0 saturated carbocycles. The van der Waals surface area contributed by atoms with Gasteiger partial charge in [0.1, 0.15) is 11.4 Å². The van der Waals surface area contributed by atoms with Gasteiger partial charge in [-0.3, -0.25) is 4.98 Å². The number of nitrogens with zero attached hydrogens (tertiary/aromatic N) is 3. The number of hydrogen-bond donors (Lipinski definition) is 1. The molecule has 5 nitrogen and oxygen atoms in total. The molecule has 0 aliphatic rings. The minimum absolute atomic E-state index is 0.227. The van der Waals surface area contributed by atoms with Gasteiger partial charge in [0.05, 0.1) is 6.42 Å². The van der Waals surface area contributed by atoms with Crippen LogP contribution in [0.3, 0.4) is 0 Å². The Hall–Kier alpha value is -2.69. The topological polar surface area (TPSA) is 72.0 Å². The van der Waals surface area contributed by atoms with E-state index < -0.39 is 0 Å². The predicted octanol–water partition coefficient (Wildman–Crippen LogP) is 2.99. The van der Waals surface area contributed by atoms with Gasteiger partial charge >= 0.3 is 0 Å². The highest BCUT2D eigenvalue weighted by Gasteiger charge is 2.13. The smallest absolute Gasteiger partial charge is 0.231 e. The van der Waals surface area contributed by atoms with Crippen LogP contribution in [0.25, 0.3) is 11.5 Å². The molecule has 3 rings (SSSR count). The molecule has 0 amide bonds. The van der Waals surface area contributed by atoms with E-state index in [0.717, 1.165) is 23.2 Å². The fourth-order valence-electron chi connectivity index (χ4n) is 2.19. The Labute approximate surface area is 122 Å². The van der Waals surface area contributed by atoms with Crippen LogP contribution < -0.4 is 0 Å². The number of pyridine rings is 1. The quantitative estimate of drug-likeness (QED) is 0.796. The SMILES string of the molecule is CCc1cccnc1-c1noc(Cc2cccc(O)c2)n1. The molecule has 0 atom stereocenters. The first-order chi connectivity index (χ1) is 10.3. The van der Waals surface area contributed by atoms with Crippen LogP contribution in [0.1, 0.15) is 23.9 Å². The number of rotatable bonds is 4. The van der Waals surface area contributed by atoms with Crippen LogP contribution in [-0.2, 0) is 12.8 Å². The number of phenols is 1. The second-order valence-corrected chi connectivity index (χ2v) is 4.72. The number of aromatic hydroxyl groups is 1. The molecule has 106 valence electrons. The fourth-order valence-corrected chi connectivity index (χ4v) is 2.19. The van der Waals surface area contributed by atoms with Crippen molar-refractivity contribution in [2.45, 2.75) is 19.8 Å². The molecule has 21 heavy (non-hydrogen) atoms. The van der Waals surface area contributed by atoms with Gasteiger partial charge in [-0.25, -0.2) is 0 Å². The number of benzene rings is 1. The molecule has 0 radical (unpaired) electrons. The molecule has 3 aromatic rings. The maximum absolute atomic E-state index is 9.47. The Morgan fingerprint density at radius 3 is 2.90 bits per heavy atom. The van der Waals surface area contributed by atoms with Crippen molar-refractivity contribution < 1.29 is 9.63 Å². The summed E-state index contributed by atoms with van der Waals surface area (Å²) in [5.41, 5.74) is 2.76. The second-order valence-electron chi connectivity index (χ2n) is 4.72. The normalized spacial score (nSPS) is 10.7. The standard InChI is InChI=1S/C16H15N3O2/c1-2-12-6-4-8-17-15(12)16-18-14(21-19-16)10-11-5-3-7-13(20)9-11/h3-9,20H,2,10H2,1H3. The number of aromatic nitrogens is 3. The van der Waals surface area contributed by atoms with Crippen LogP contribution in [0.5, 0.6) is 5.75 Å². The minimum Gasteiger partial charge on any atom is -0.508 e. The van der Waals surface area contributed by atoms with Gasteiger partial charge in [0.2, 0.25) is 11.7 Å². The van der Waals surface area contributed by atoms with Gasteiger partial charge in [0.25, 0.3) is 0 Å². The Kier molecular flexibility index (Phi) is 3.64. The largest absolute Gasteiger partial charge is 0.508 e. The second kappa shape index (κ2) is 5.75. The van der Waals surface area contributed by atoms with E-state index in [1.54, 1.807) is 24.4 Å². The molecule has 1 N–H and O–H groups in total. The lowest BCUT2D eigenvalue weighted by molar-refractivity contribution is 0.385. The van der Waals surface area contributed by atoms with Crippen LogP contribution in [0.2, 0.25) is 0 Å². The van der Waals surface area contributed by atoms with E-state index in [4.69, 9.17) is 4.52 Å². The highest BCUT2D eigenvalue weighted by atomic mass is 16.5. The first-order valence-electron chi connectivity index (χ1n) is 6.81. The maximum Gasteiger partial charge on any atom is 0.231 e. The molecule has 5 heteroatoms. The zero-order chi connectivity index (χ0) is 14.7. The average Bonchev–Trinajstić information content (AvgIpc) is 2.95. The van der Waals surface area contributed by atoms with Gasteiger partial charge in [0.15, 0.2) is 0 Å². The fraction of sp³-hybridized carbons (Fsp3) is 0.188. The van der Waals surface area contributed by atoms with E-state index in [0.29, 0.717) is 18.1 Å². The summed E-state index contributed by atoms with van der Waals surface area (Å²) in [5, 5.41) is 13.5. The Bertz CT molecular complexity index is 753. The van der Waals surface area contributed by atoms with Gasteiger partial charge in [-0.2, -0.15) is 4.98 Å². The lowest BCUT2D eigenvalue weighted by atomic mass is 10.1. The molecule has 0 aliphatic carbocycles. The lowest BCUT2D eigenvalue weighted by Crippen LogP contribution is -1.93. The van der Waals surface area contributed by atoms with Gasteiger partial charge < -0.3 is 9.63 Å². The summed E-state index contributed by atoms with van der Waals surface area (Å²) in [6.45, 7) is 2.06. The van der Waals surface area contributed by atoms with Crippen LogP contribution >= 0.6 is 0 Å². The van der Waals surface area contributed by atoms with Gasteiger partial charge in [0, 0.05) is 6.20 Å². The summed E-state index contributed by atoms with van der Waals surface area (Å²) >= 11 is 0. The summed E-state index contributed by atoms with van der Waals surface area (Å²) in [4.78, 5) is 8.72. The van der Waals surface area contributed by atoms with Crippen LogP contribution in [0.15, 0.2) is 47.1 Å². The summed E-state index contributed by atoms with van der Waals surface area (Å²) in [7, 11) is 0. The highest BCUT2D eigenvalue weighted by molar-refractivity contribution is 5.53. The van der Waals surface area contributed by atoms with E-state index in [1.165, 1.54) is 0 Å². The minimum atomic E-state index is 0.227. The van der Waals surface area contributed by atoms with Gasteiger partial charge in [-0.1, -0.05) is 30.3 Å². The Balaban J connectivity index is 1.86. The van der Waals surface area contributed by atoms with E-state index in [2.05, 4.69) is 22.0 Å². The maximum atomic E-state index is 9.47. The summed E-state index contributed by atoms with van der Waals surface area (Å²) in [6.07, 6.45) is 3.06.